The zero-order chi connectivity index (χ0) is 12.7. The molecule has 0 heterocycles. The normalized spacial score (nSPS) is 16.6. The Bertz CT molecular complexity index is 385. The van der Waals surface area contributed by atoms with Gasteiger partial charge in [0.25, 0.3) is 5.91 Å². The lowest BCUT2D eigenvalue weighted by Gasteiger charge is -2.12. The molecular formula is C13H18N2O2. The van der Waals surface area contributed by atoms with E-state index in [0.29, 0.717) is 6.54 Å². The third kappa shape index (κ3) is 4.31. The second-order valence-corrected chi connectivity index (χ2v) is 4.19. The van der Waals surface area contributed by atoms with Gasteiger partial charge in [-0.2, -0.15) is 5.26 Å². The van der Waals surface area contributed by atoms with Crippen LogP contribution in [0.1, 0.15) is 39.0 Å². The third-order valence-corrected chi connectivity index (χ3v) is 2.82. The Balaban J connectivity index is 2.37. The largest absolute Gasteiger partial charge is 0.511 e. The van der Waals surface area contributed by atoms with Crippen molar-refractivity contribution >= 4 is 5.91 Å². The monoisotopic (exact) mass is 234 g/mol. The first-order chi connectivity index (χ1) is 8.15. The van der Waals surface area contributed by atoms with Crippen LogP contribution in [0.4, 0.5) is 0 Å². The third-order valence-electron chi connectivity index (χ3n) is 2.82. The summed E-state index contributed by atoms with van der Waals surface area (Å²) in [7, 11) is 0. The average molecular weight is 234 g/mol. The number of amides is 1. The number of aliphatic hydroxyl groups excluding tert-OH is 1. The molecule has 4 heteroatoms. The molecule has 0 fully saturated rings. The summed E-state index contributed by atoms with van der Waals surface area (Å²) >= 11 is 0. The van der Waals surface area contributed by atoms with Crippen molar-refractivity contribution in [3.05, 3.63) is 23.0 Å². The van der Waals surface area contributed by atoms with E-state index in [0.717, 1.165) is 19.3 Å². The first-order valence-electron chi connectivity index (χ1n) is 5.91. The van der Waals surface area contributed by atoms with Gasteiger partial charge in [0, 0.05) is 6.54 Å². The highest BCUT2D eigenvalue weighted by Crippen LogP contribution is 2.19. The highest BCUT2D eigenvalue weighted by molar-refractivity contribution is 5.97. The van der Waals surface area contributed by atoms with Gasteiger partial charge in [-0.25, -0.2) is 0 Å². The maximum absolute atomic E-state index is 11.5. The summed E-state index contributed by atoms with van der Waals surface area (Å²) in [6, 6.07) is 1.69. The molecule has 0 aromatic rings. The molecule has 0 unspecified atom stereocenters. The zero-order valence-electron chi connectivity index (χ0n) is 10.1. The van der Waals surface area contributed by atoms with Crippen LogP contribution in [0, 0.1) is 11.3 Å². The van der Waals surface area contributed by atoms with Gasteiger partial charge in [-0.1, -0.05) is 11.6 Å². The Hall–Kier alpha value is -1.76. The van der Waals surface area contributed by atoms with E-state index in [1.807, 2.05) is 0 Å². The summed E-state index contributed by atoms with van der Waals surface area (Å²) in [5, 5.41) is 20.4. The Morgan fingerprint density at radius 1 is 1.59 bits per heavy atom. The Morgan fingerprint density at radius 3 is 2.88 bits per heavy atom. The van der Waals surface area contributed by atoms with Gasteiger partial charge in [-0.05, 0) is 39.0 Å². The van der Waals surface area contributed by atoms with Gasteiger partial charge >= 0.3 is 0 Å². The highest BCUT2D eigenvalue weighted by Gasteiger charge is 2.12. The van der Waals surface area contributed by atoms with E-state index in [4.69, 9.17) is 10.4 Å². The summed E-state index contributed by atoms with van der Waals surface area (Å²) in [5.41, 5.74) is 1.17. The van der Waals surface area contributed by atoms with Crippen molar-refractivity contribution in [3.8, 4) is 6.07 Å². The van der Waals surface area contributed by atoms with Crippen molar-refractivity contribution in [2.24, 2.45) is 0 Å². The zero-order valence-corrected chi connectivity index (χ0v) is 10.1. The van der Waals surface area contributed by atoms with Crippen LogP contribution in [0.25, 0.3) is 0 Å². The molecule has 4 nitrogen and oxygen atoms in total. The number of hydrogen-bond donors (Lipinski definition) is 2. The van der Waals surface area contributed by atoms with Crippen molar-refractivity contribution in [1.82, 2.24) is 5.32 Å². The minimum Gasteiger partial charge on any atom is -0.511 e. The van der Waals surface area contributed by atoms with Gasteiger partial charge in [0.2, 0.25) is 0 Å². The quantitative estimate of drug-likeness (QED) is 0.339. The van der Waals surface area contributed by atoms with Crippen LogP contribution < -0.4 is 5.32 Å². The molecule has 0 bridgehead atoms. The van der Waals surface area contributed by atoms with E-state index in [9.17, 15) is 4.79 Å². The van der Waals surface area contributed by atoms with Crippen LogP contribution >= 0.6 is 0 Å². The Kier molecular flexibility index (Phi) is 5.28. The minimum atomic E-state index is -0.496. The SMILES string of the molecule is C/C(O)=C(\C#N)C(=O)NCCC1=CCCCC1. The predicted molar refractivity (Wildman–Crippen MR) is 65.1 cm³/mol. The molecule has 92 valence electrons. The number of nitrogens with one attached hydrogen (secondary N) is 1. The predicted octanol–water partition coefficient (Wildman–Crippen LogP) is 2.35. The van der Waals surface area contributed by atoms with Crippen LogP contribution in [0.3, 0.4) is 0 Å². The molecular weight excluding hydrogens is 216 g/mol. The summed E-state index contributed by atoms with van der Waals surface area (Å²) in [4.78, 5) is 11.5. The van der Waals surface area contributed by atoms with Gasteiger partial charge in [-0.15, -0.1) is 0 Å². The fourth-order valence-corrected chi connectivity index (χ4v) is 1.85. The highest BCUT2D eigenvalue weighted by atomic mass is 16.3. The van der Waals surface area contributed by atoms with Crippen LogP contribution in [-0.4, -0.2) is 17.6 Å². The number of rotatable bonds is 4. The van der Waals surface area contributed by atoms with E-state index in [1.165, 1.54) is 25.3 Å². The van der Waals surface area contributed by atoms with Crippen molar-refractivity contribution < 1.29 is 9.90 Å². The number of nitriles is 1. The summed E-state index contributed by atoms with van der Waals surface area (Å²) in [6.07, 6.45) is 7.76. The van der Waals surface area contributed by atoms with Crippen LogP contribution in [-0.2, 0) is 4.79 Å². The van der Waals surface area contributed by atoms with Crippen molar-refractivity contribution in [3.63, 3.8) is 0 Å². The number of allylic oxidation sites excluding steroid dienone is 2. The fourth-order valence-electron chi connectivity index (χ4n) is 1.85. The van der Waals surface area contributed by atoms with Gasteiger partial charge in [0.15, 0.2) is 5.57 Å². The molecule has 0 spiro atoms. The van der Waals surface area contributed by atoms with Crippen LogP contribution in [0.2, 0.25) is 0 Å². The van der Waals surface area contributed by atoms with E-state index in [2.05, 4.69) is 11.4 Å². The number of aliphatic hydroxyl groups is 1. The fraction of sp³-hybridized carbons (Fsp3) is 0.538. The molecule has 0 radical (unpaired) electrons. The lowest BCUT2D eigenvalue weighted by molar-refractivity contribution is -0.117. The molecule has 1 rings (SSSR count). The van der Waals surface area contributed by atoms with E-state index in [1.54, 1.807) is 6.07 Å². The van der Waals surface area contributed by atoms with Crippen LogP contribution in [0.5, 0.6) is 0 Å². The first kappa shape index (κ1) is 13.3. The molecule has 0 aromatic carbocycles. The molecule has 2 N–H and O–H groups in total. The minimum absolute atomic E-state index is 0.206. The van der Waals surface area contributed by atoms with Gasteiger partial charge in [0.1, 0.15) is 11.8 Å². The molecule has 0 aliphatic heterocycles. The van der Waals surface area contributed by atoms with E-state index in [-0.39, 0.29) is 11.3 Å². The van der Waals surface area contributed by atoms with Crippen molar-refractivity contribution in [2.75, 3.05) is 6.54 Å². The molecule has 0 aromatic heterocycles. The maximum atomic E-state index is 11.5. The summed E-state index contributed by atoms with van der Waals surface area (Å²) in [6.45, 7) is 1.85. The molecule has 1 aliphatic rings. The van der Waals surface area contributed by atoms with E-state index >= 15 is 0 Å². The van der Waals surface area contributed by atoms with Gasteiger partial charge < -0.3 is 10.4 Å². The second kappa shape index (κ2) is 6.74. The maximum Gasteiger partial charge on any atom is 0.265 e. The number of hydrogen-bond acceptors (Lipinski definition) is 3. The average Bonchev–Trinajstić information content (AvgIpc) is 2.30. The molecule has 1 amide bonds. The van der Waals surface area contributed by atoms with Gasteiger partial charge in [0.05, 0.1) is 0 Å². The Labute approximate surface area is 102 Å². The van der Waals surface area contributed by atoms with Crippen molar-refractivity contribution in [2.45, 2.75) is 39.0 Å². The lowest BCUT2D eigenvalue weighted by atomic mass is 9.97. The number of nitrogens with zero attached hydrogens (tertiary/aromatic N) is 1. The molecule has 0 saturated heterocycles. The Morgan fingerprint density at radius 2 is 2.35 bits per heavy atom. The molecule has 17 heavy (non-hydrogen) atoms. The molecule has 0 atom stereocenters. The standard InChI is InChI=1S/C13H18N2O2/c1-10(16)12(9-14)13(17)15-8-7-11-5-3-2-4-6-11/h5,16H,2-4,6-8H2,1H3,(H,15,17)/b12-10-. The van der Waals surface area contributed by atoms with Crippen molar-refractivity contribution in [1.29, 1.82) is 5.26 Å². The summed E-state index contributed by atoms with van der Waals surface area (Å²) in [5.74, 6) is -0.731. The smallest absolute Gasteiger partial charge is 0.265 e. The molecule has 1 aliphatic carbocycles. The molecule has 0 saturated carbocycles. The van der Waals surface area contributed by atoms with Gasteiger partial charge in [-0.3, -0.25) is 4.79 Å². The van der Waals surface area contributed by atoms with Crippen LogP contribution in [0.15, 0.2) is 23.0 Å². The summed E-state index contributed by atoms with van der Waals surface area (Å²) < 4.78 is 0. The van der Waals surface area contributed by atoms with E-state index < -0.39 is 5.91 Å². The number of carbonyl (C=O) groups excluding carboxylic acids is 1. The topological polar surface area (TPSA) is 73.1 Å². The number of carbonyl (C=O) groups is 1. The second-order valence-electron chi connectivity index (χ2n) is 4.19. The first-order valence-corrected chi connectivity index (χ1v) is 5.91. The lowest BCUT2D eigenvalue weighted by Crippen LogP contribution is -2.26.